The lowest BCUT2D eigenvalue weighted by Crippen LogP contribution is -2.56. The van der Waals surface area contributed by atoms with Gasteiger partial charge in [-0.3, -0.25) is 0 Å². The molecule has 0 unspecified atom stereocenters. The molecule has 1 aliphatic heterocycles. The van der Waals surface area contributed by atoms with Gasteiger partial charge in [-0.2, -0.15) is 5.26 Å². The summed E-state index contributed by atoms with van der Waals surface area (Å²) in [6.07, 6.45) is 0. The van der Waals surface area contributed by atoms with Gasteiger partial charge in [-0.1, -0.05) is 23.8 Å². The molecule has 0 spiro atoms. The fraction of sp³-hybridized carbons (Fsp3) is 0.533. The molecule has 0 saturated carbocycles. The van der Waals surface area contributed by atoms with E-state index in [-0.39, 0.29) is 5.41 Å². The molecule has 0 radical (unpaired) electrons. The van der Waals surface area contributed by atoms with Crippen LogP contribution in [0.15, 0.2) is 18.2 Å². The first kappa shape index (κ1) is 12.1. The van der Waals surface area contributed by atoms with Crippen LogP contribution in [0.1, 0.15) is 30.5 Å². The second-order valence-corrected chi connectivity index (χ2v) is 5.63. The molecule has 0 amide bonds. The van der Waals surface area contributed by atoms with Gasteiger partial charge in [0, 0.05) is 0 Å². The maximum Gasteiger partial charge on any atom is 0.0695 e. The van der Waals surface area contributed by atoms with Gasteiger partial charge in [0.1, 0.15) is 0 Å². The molecule has 2 rings (SSSR count). The minimum absolute atomic E-state index is 0.141. The Morgan fingerprint density at radius 1 is 1.29 bits per heavy atom. The van der Waals surface area contributed by atoms with Gasteiger partial charge in [-0.15, -0.1) is 0 Å². The molecule has 90 valence electrons. The topological polar surface area (TPSA) is 33.0 Å². The average Bonchev–Trinajstić information content (AvgIpc) is 2.21. The second-order valence-electron chi connectivity index (χ2n) is 5.63. The Hall–Kier alpha value is -1.33. The molecule has 1 fully saturated rings. The first-order valence-corrected chi connectivity index (χ1v) is 6.00. The van der Waals surface area contributed by atoms with Crippen LogP contribution < -0.4 is 0 Å². The maximum atomic E-state index is 9.41. The summed E-state index contributed by atoms with van der Waals surface area (Å²) in [6, 6.07) is 8.91. The van der Waals surface area contributed by atoms with Crippen molar-refractivity contribution in [3.63, 3.8) is 0 Å². The van der Waals surface area contributed by atoms with Crippen molar-refractivity contribution < 1.29 is 4.74 Å². The molecule has 2 nitrogen and oxygen atoms in total. The monoisotopic (exact) mass is 229 g/mol. The van der Waals surface area contributed by atoms with E-state index in [0.29, 0.717) is 13.2 Å². The number of hydrogen-bond donors (Lipinski definition) is 0. The van der Waals surface area contributed by atoms with Gasteiger partial charge in [-0.25, -0.2) is 0 Å². The van der Waals surface area contributed by atoms with E-state index in [9.17, 15) is 5.26 Å². The zero-order valence-electron chi connectivity index (χ0n) is 11.0. The Morgan fingerprint density at radius 2 is 1.94 bits per heavy atom. The Balaban J connectivity index is 2.57. The van der Waals surface area contributed by atoms with Crippen LogP contribution in [0.25, 0.3) is 0 Å². The summed E-state index contributed by atoms with van der Waals surface area (Å²) in [5.41, 5.74) is 3.23. The van der Waals surface area contributed by atoms with E-state index in [4.69, 9.17) is 4.74 Å². The largest absolute Gasteiger partial charge is 0.379 e. The molecule has 17 heavy (non-hydrogen) atoms. The van der Waals surface area contributed by atoms with Gasteiger partial charge in [0.15, 0.2) is 0 Å². The van der Waals surface area contributed by atoms with Crippen LogP contribution in [0.4, 0.5) is 0 Å². The molecule has 1 saturated heterocycles. The number of nitriles is 1. The number of rotatable bonds is 2. The standard InChI is InChI=1S/C15H19NO/c1-11-5-6-12(2)13(7-11)15(9-17-10-15)14(3,4)8-16/h5-7H,9-10H2,1-4H3. The first-order chi connectivity index (χ1) is 7.93. The van der Waals surface area contributed by atoms with Crippen LogP contribution in [-0.2, 0) is 10.2 Å². The van der Waals surface area contributed by atoms with Gasteiger partial charge >= 0.3 is 0 Å². The summed E-state index contributed by atoms with van der Waals surface area (Å²) in [6.45, 7) is 9.53. The maximum absolute atomic E-state index is 9.41. The fourth-order valence-corrected chi connectivity index (χ4v) is 2.52. The summed E-state index contributed by atoms with van der Waals surface area (Å²) < 4.78 is 5.42. The van der Waals surface area contributed by atoms with E-state index in [2.05, 4.69) is 38.1 Å². The highest BCUT2D eigenvalue weighted by molar-refractivity contribution is 5.41. The number of hydrogen-bond acceptors (Lipinski definition) is 2. The van der Waals surface area contributed by atoms with Crippen molar-refractivity contribution >= 4 is 0 Å². The van der Waals surface area contributed by atoms with E-state index >= 15 is 0 Å². The lowest BCUT2D eigenvalue weighted by molar-refractivity contribution is -0.103. The second kappa shape index (κ2) is 3.85. The molecule has 2 heteroatoms. The molecule has 0 bridgehead atoms. The van der Waals surface area contributed by atoms with Crippen LogP contribution in [-0.4, -0.2) is 13.2 Å². The third kappa shape index (κ3) is 1.66. The smallest absolute Gasteiger partial charge is 0.0695 e. The van der Waals surface area contributed by atoms with Crippen molar-refractivity contribution in [2.75, 3.05) is 13.2 Å². The van der Waals surface area contributed by atoms with Gasteiger partial charge in [-0.05, 0) is 38.8 Å². The predicted molar refractivity (Wildman–Crippen MR) is 67.8 cm³/mol. The minimum Gasteiger partial charge on any atom is -0.379 e. The summed E-state index contributed by atoms with van der Waals surface area (Å²) in [5.74, 6) is 0. The van der Waals surface area contributed by atoms with Gasteiger partial charge < -0.3 is 4.74 Å². The summed E-state index contributed by atoms with van der Waals surface area (Å²) in [5, 5.41) is 9.41. The summed E-state index contributed by atoms with van der Waals surface area (Å²) in [4.78, 5) is 0. The Morgan fingerprint density at radius 3 is 2.41 bits per heavy atom. The lowest BCUT2D eigenvalue weighted by atomic mass is 9.60. The summed E-state index contributed by atoms with van der Waals surface area (Å²) >= 11 is 0. The zero-order chi connectivity index (χ0) is 12.7. The molecule has 1 aliphatic rings. The molecule has 0 atom stereocenters. The predicted octanol–water partition coefficient (Wildman–Crippen LogP) is 3.12. The number of nitrogens with zero attached hydrogens (tertiary/aromatic N) is 1. The number of aryl methyl sites for hydroxylation is 2. The van der Waals surface area contributed by atoms with Crippen molar-refractivity contribution in [3.05, 3.63) is 34.9 Å². The average molecular weight is 229 g/mol. The highest BCUT2D eigenvalue weighted by Crippen LogP contribution is 2.48. The molecule has 1 aromatic carbocycles. The van der Waals surface area contributed by atoms with E-state index in [1.165, 1.54) is 16.7 Å². The SMILES string of the molecule is Cc1ccc(C)c(C2(C(C)(C)C#N)COC2)c1. The van der Waals surface area contributed by atoms with Gasteiger partial charge in [0.25, 0.3) is 0 Å². The Bertz CT molecular complexity index is 478. The third-order valence-corrected chi connectivity index (χ3v) is 4.08. The quantitative estimate of drug-likeness (QED) is 0.780. The van der Waals surface area contributed by atoms with Crippen molar-refractivity contribution in [2.24, 2.45) is 5.41 Å². The van der Waals surface area contributed by atoms with E-state index in [0.717, 1.165) is 0 Å². The third-order valence-electron chi connectivity index (χ3n) is 4.08. The van der Waals surface area contributed by atoms with Crippen molar-refractivity contribution in [1.82, 2.24) is 0 Å². The van der Waals surface area contributed by atoms with Crippen molar-refractivity contribution in [1.29, 1.82) is 5.26 Å². The van der Waals surface area contributed by atoms with Crippen LogP contribution >= 0.6 is 0 Å². The minimum atomic E-state index is -0.399. The molecular formula is C15H19NO. The normalized spacial score (nSPS) is 18.3. The molecule has 1 heterocycles. The molecule has 0 N–H and O–H groups in total. The molecule has 0 aliphatic carbocycles. The van der Waals surface area contributed by atoms with Crippen molar-refractivity contribution in [2.45, 2.75) is 33.1 Å². The molecular weight excluding hydrogens is 210 g/mol. The van der Waals surface area contributed by atoms with Crippen LogP contribution in [0, 0.1) is 30.6 Å². The van der Waals surface area contributed by atoms with Crippen LogP contribution in [0.2, 0.25) is 0 Å². The highest BCUT2D eigenvalue weighted by Gasteiger charge is 2.53. The van der Waals surface area contributed by atoms with E-state index in [1.807, 2.05) is 13.8 Å². The van der Waals surface area contributed by atoms with Crippen molar-refractivity contribution in [3.8, 4) is 6.07 Å². The van der Waals surface area contributed by atoms with Gasteiger partial charge in [0.05, 0.1) is 30.1 Å². The van der Waals surface area contributed by atoms with Crippen LogP contribution in [0.5, 0.6) is 0 Å². The van der Waals surface area contributed by atoms with E-state index < -0.39 is 5.41 Å². The number of ether oxygens (including phenoxy) is 1. The van der Waals surface area contributed by atoms with Gasteiger partial charge in [0.2, 0.25) is 0 Å². The number of benzene rings is 1. The zero-order valence-corrected chi connectivity index (χ0v) is 11.0. The first-order valence-electron chi connectivity index (χ1n) is 6.00. The Kier molecular flexibility index (Phi) is 2.75. The fourth-order valence-electron chi connectivity index (χ4n) is 2.52. The van der Waals surface area contributed by atoms with Crippen LogP contribution in [0.3, 0.4) is 0 Å². The highest BCUT2D eigenvalue weighted by atomic mass is 16.5. The summed E-state index contributed by atoms with van der Waals surface area (Å²) in [7, 11) is 0. The molecule has 0 aromatic heterocycles. The molecule has 1 aromatic rings. The van der Waals surface area contributed by atoms with E-state index in [1.54, 1.807) is 0 Å². The lowest BCUT2D eigenvalue weighted by Gasteiger charge is -2.50. The Labute approximate surface area is 103 Å².